The van der Waals surface area contributed by atoms with Gasteiger partial charge in [-0.1, -0.05) is 0 Å². The predicted octanol–water partition coefficient (Wildman–Crippen LogP) is 2.41. The molecule has 1 saturated heterocycles. The van der Waals surface area contributed by atoms with Crippen LogP contribution in [-0.4, -0.2) is 20.8 Å². The average molecular weight is 243 g/mol. The topological polar surface area (TPSA) is 30.5 Å². The van der Waals surface area contributed by atoms with E-state index in [0.717, 1.165) is 19.4 Å². The molecule has 17 heavy (non-hydrogen) atoms. The van der Waals surface area contributed by atoms with Crippen LogP contribution in [0.15, 0.2) is 6.07 Å². The lowest BCUT2D eigenvalue weighted by Crippen LogP contribution is -2.15. The summed E-state index contributed by atoms with van der Waals surface area (Å²) in [7, 11) is 2.72. The highest BCUT2D eigenvalue weighted by Crippen LogP contribution is 2.40. The molecule has 1 unspecified atom stereocenters. The fourth-order valence-corrected chi connectivity index (χ4v) is 2.21. The highest BCUT2D eigenvalue weighted by atomic mass is 19.2. The molecular weight excluding hydrogens is 228 g/mol. The summed E-state index contributed by atoms with van der Waals surface area (Å²) in [5.74, 6) is -1.82. The van der Waals surface area contributed by atoms with Crippen LogP contribution in [-0.2, 0) is 0 Å². The van der Waals surface area contributed by atoms with E-state index in [4.69, 9.17) is 9.47 Å². The Morgan fingerprint density at radius 2 is 1.94 bits per heavy atom. The largest absolute Gasteiger partial charge is 0.492 e. The zero-order valence-corrected chi connectivity index (χ0v) is 9.85. The van der Waals surface area contributed by atoms with E-state index in [2.05, 4.69) is 5.32 Å². The summed E-state index contributed by atoms with van der Waals surface area (Å²) in [5.41, 5.74) is 0.612. The Labute approximate surface area is 98.7 Å². The van der Waals surface area contributed by atoms with Crippen molar-refractivity contribution in [3.8, 4) is 11.5 Å². The highest BCUT2D eigenvalue weighted by molar-refractivity contribution is 5.49. The number of benzene rings is 1. The molecule has 2 rings (SSSR count). The maximum Gasteiger partial charge on any atom is 0.204 e. The first-order chi connectivity index (χ1) is 8.19. The predicted molar refractivity (Wildman–Crippen MR) is 59.4 cm³/mol. The van der Waals surface area contributed by atoms with E-state index in [9.17, 15) is 8.78 Å². The molecule has 5 heteroatoms. The number of halogens is 2. The molecule has 0 saturated carbocycles. The Bertz CT molecular complexity index is 417. The molecule has 0 aromatic heterocycles. The summed E-state index contributed by atoms with van der Waals surface area (Å²) in [6.45, 7) is 0.870. The average Bonchev–Trinajstić information content (AvgIpc) is 2.85. The quantitative estimate of drug-likeness (QED) is 0.884. The second kappa shape index (κ2) is 4.87. The van der Waals surface area contributed by atoms with E-state index < -0.39 is 11.6 Å². The summed E-state index contributed by atoms with van der Waals surface area (Å²) in [6, 6.07) is 1.17. The fourth-order valence-electron chi connectivity index (χ4n) is 2.21. The van der Waals surface area contributed by atoms with Crippen molar-refractivity contribution in [1.82, 2.24) is 5.32 Å². The van der Waals surface area contributed by atoms with Gasteiger partial charge in [-0.05, 0) is 25.5 Å². The van der Waals surface area contributed by atoms with Crippen LogP contribution in [0.1, 0.15) is 24.4 Å². The highest BCUT2D eigenvalue weighted by Gasteiger charge is 2.26. The molecule has 1 fully saturated rings. The Morgan fingerprint density at radius 1 is 1.24 bits per heavy atom. The number of hydrogen-bond donors (Lipinski definition) is 1. The summed E-state index contributed by atoms with van der Waals surface area (Å²) in [4.78, 5) is 0. The number of methoxy groups -OCH3 is 2. The third-order valence-electron chi connectivity index (χ3n) is 3.00. The van der Waals surface area contributed by atoms with E-state index in [0.29, 0.717) is 5.56 Å². The molecule has 1 aliphatic rings. The first-order valence-corrected chi connectivity index (χ1v) is 5.52. The molecule has 3 nitrogen and oxygen atoms in total. The molecule has 1 aromatic rings. The third kappa shape index (κ3) is 2.07. The lowest BCUT2D eigenvalue weighted by Gasteiger charge is -2.18. The Hall–Kier alpha value is -1.36. The molecular formula is C12H15F2NO2. The van der Waals surface area contributed by atoms with E-state index in [1.165, 1.54) is 20.3 Å². The van der Waals surface area contributed by atoms with Crippen LogP contribution in [0.4, 0.5) is 8.78 Å². The molecule has 0 radical (unpaired) electrons. The van der Waals surface area contributed by atoms with Crippen LogP contribution in [0.3, 0.4) is 0 Å². The maximum absolute atomic E-state index is 13.5. The van der Waals surface area contributed by atoms with Gasteiger partial charge in [-0.15, -0.1) is 0 Å². The van der Waals surface area contributed by atoms with Crippen molar-refractivity contribution in [2.45, 2.75) is 18.9 Å². The maximum atomic E-state index is 13.5. The molecule has 1 aliphatic heterocycles. The minimum Gasteiger partial charge on any atom is -0.492 e. The minimum absolute atomic E-state index is 0.00560. The van der Waals surface area contributed by atoms with Crippen LogP contribution >= 0.6 is 0 Å². The SMILES string of the molecule is COc1c(C2CCCN2)cc(F)c(F)c1OC. The molecule has 1 heterocycles. The third-order valence-corrected chi connectivity index (χ3v) is 3.00. The van der Waals surface area contributed by atoms with Crippen LogP contribution in [0, 0.1) is 11.6 Å². The van der Waals surface area contributed by atoms with Crippen molar-refractivity contribution in [3.05, 3.63) is 23.3 Å². The lowest BCUT2D eigenvalue weighted by atomic mass is 10.0. The van der Waals surface area contributed by atoms with E-state index in [-0.39, 0.29) is 17.5 Å². The number of hydrogen-bond acceptors (Lipinski definition) is 3. The van der Waals surface area contributed by atoms with Crippen molar-refractivity contribution in [3.63, 3.8) is 0 Å². The van der Waals surface area contributed by atoms with Crippen LogP contribution in [0.5, 0.6) is 11.5 Å². The smallest absolute Gasteiger partial charge is 0.204 e. The molecule has 0 bridgehead atoms. The van der Waals surface area contributed by atoms with Crippen molar-refractivity contribution in [2.24, 2.45) is 0 Å². The van der Waals surface area contributed by atoms with Crippen molar-refractivity contribution < 1.29 is 18.3 Å². The van der Waals surface area contributed by atoms with Gasteiger partial charge in [0.1, 0.15) is 0 Å². The van der Waals surface area contributed by atoms with Crippen molar-refractivity contribution >= 4 is 0 Å². The summed E-state index contributed by atoms with van der Waals surface area (Å²) >= 11 is 0. The van der Waals surface area contributed by atoms with Gasteiger partial charge in [0, 0.05) is 11.6 Å². The zero-order chi connectivity index (χ0) is 12.4. The molecule has 1 atom stereocenters. The molecule has 0 amide bonds. The van der Waals surface area contributed by atoms with Crippen molar-refractivity contribution in [1.29, 1.82) is 0 Å². The monoisotopic (exact) mass is 243 g/mol. The van der Waals surface area contributed by atoms with Gasteiger partial charge >= 0.3 is 0 Å². The Kier molecular flexibility index (Phi) is 3.47. The second-order valence-corrected chi connectivity index (χ2v) is 3.98. The number of rotatable bonds is 3. The summed E-state index contributed by atoms with van der Waals surface area (Å²) < 4.78 is 37.0. The van der Waals surface area contributed by atoms with Crippen LogP contribution in [0.25, 0.3) is 0 Å². The van der Waals surface area contributed by atoms with Gasteiger partial charge in [0.15, 0.2) is 17.3 Å². The van der Waals surface area contributed by atoms with Gasteiger partial charge in [0.2, 0.25) is 5.82 Å². The van der Waals surface area contributed by atoms with Gasteiger partial charge < -0.3 is 14.8 Å². The number of nitrogens with one attached hydrogen (secondary N) is 1. The first-order valence-electron chi connectivity index (χ1n) is 5.52. The normalized spacial score (nSPS) is 19.4. The van der Waals surface area contributed by atoms with Crippen LogP contribution in [0.2, 0.25) is 0 Å². The molecule has 0 spiro atoms. The molecule has 0 aliphatic carbocycles. The van der Waals surface area contributed by atoms with E-state index in [1.807, 2.05) is 0 Å². The molecule has 1 aromatic carbocycles. The zero-order valence-electron chi connectivity index (χ0n) is 9.85. The lowest BCUT2D eigenvalue weighted by molar-refractivity contribution is 0.322. The summed E-state index contributed by atoms with van der Waals surface area (Å²) in [5, 5.41) is 3.22. The standard InChI is InChI=1S/C12H15F2NO2/c1-16-11-7(9-4-3-5-15-9)6-8(13)10(14)12(11)17-2/h6,9,15H,3-5H2,1-2H3. The second-order valence-electron chi connectivity index (χ2n) is 3.98. The van der Waals surface area contributed by atoms with E-state index >= 15 is 0 Å². The number of ether oxygens (including phenoxy) is 2. The van der Waals surface area contributed by atoms with E-state index in [1.54, 1.807) is 0 Å². The fraction of sp³-hybridized carbons (Fsp3) is 0.500. The first kappa shape index (κ1) is 12.1. The Balaban J connectivity index is 2.53. The van der Waals surface area contributed by atoms with Gasteiger partial charge in [-0.3, -0.25) is 0 Å². The van der Waals surface area contributed by atoms with Crippen LogP contribution < -0.4 is 14.8 Å². The van der Waals surface area contributed by atoms with Gasteiger partial charge in [-0.25, -0.2) is 4.39 Å². The van der Waals surface area contributed by atoms with Gasteiger partial charge in [0.25, 0.3) is 0 Å². The van der Waals surface area contributed by atoms with Gasteiger partial charge in [0.05, 0.1) is 14.2 Å². The molecule has 1 N–H and O–H groups in total. The Morgan fingerprint density at radius 3 is 2.47 bits per heavy atom. The van der Waals surface area contributed by atoms with Gasteiger partial charge in [-0.2, -0.15) is 4.39 Å². The minimum atomic E-state index is -1.01. The summed E-state index contributed by atoms with van der Waals surface area (Å²) in [6.07, 6.45) is 1.89. The van der Waals surface area contributed by atoms with Crippen molar-refractivity contribution in [2.75, 3.05) is 20.8 Å². The molecule has 94 valence electrons.